The van der Waals surface area contributed by atoms with Crippen molar-refractivity contribution in [3.63, 3.8) is 0 Å². The molecule has 0 N–H and O–H groups in total. The topological polar surface area (TPSA) is 65.4 Å². The highest BCUT2D eigenvalue weighted by Gasteiger charge is 2.23. The van der Waals surface area contributed by atoms with Gasteiger partial charge in [0.1, 0.15) is 10.6 Å². The Morgan fingerprint density at radius 3 is 2.36 bits per heavy atom. The summed E-state index contributed by atoms with van der Waals surface area (Å²) >= 11 is 0. The van der Waals surface area contributed by atoms with Gasteiger partial charge in [0.2, 0.25) is 15.3 Å². The number of nitrogens with zero attached hydrogens (tertiary/aromatic N) is 1. The van der Waals surface area contributed by atoms with E-state index < -0.39 is 15.3 Å². The zero-order valence-corrected chi connectivity index (χ0v) is 14.9. The van der Waals surface area contributed by atoms with Crippen LogP contribution in [0.5, 0.6) is 5.75 Å². The van der Waals surface area contributed by atoms with Crippen molar-refractivity contribution >= 4 is 20.7 Å². The first kappa shape index (κ1) is 17.2. The minimum Gasteiger partial charge on any atom is -0.497 e. The van der Waals surface area contributed by atoms with Crippen molar-refractivity contribution in [3.05, 3.63) is 65.0 Å². The van der Waals surface area contributed by atoms with Crippen molar-refractivity contribution < 1.29 is 13.2 Å². The number of aromatic nitrogens is 1. The second-order valence-electron chi connectivity index (χ2n) is 5.71. The molecule has 3 aromatic rings. The molecule has 0 aliphatic carbocycles. The number of hydrogen-bond donors (Lipinski definition) is 0. The van der Waals surface area contributed by atoms with Gasteiger partial charge in [0.25, 0.3) is 0 Å². The zero-order valence-electron chi connectivity index (χ0n) is 14.1. The Kier molecular flexibility index (Phi) is 4.63. The Balaban J connectivity index is 2.26. The van der Waals surface area contributed by atoms with Gasteiger partial charge in [0, 0.05) is 18.1 Å². The minimum absolute atomic E-state index is 0.0729. The molecule has 130 valence electrons. The first-order valence-electron chi connectivity index (χ1n) is 8.00. The van der Waals surface area contributed by atoms with Crippen LogP contribution in [0.25, 0.3) is 10.9 Å². The molecule has 0 unspecified atom stereocenters. The molecule has 25 heavy (non-hydrogen) atoms. The van der Waals surface area contributed by atoms with Gasteiger partial charge in [-0.25, -0.2) is 8.42 Å². The number of benzene rings is 2. The lowest BCUT2D eigenvalue weighted by atomic mass is 10.2. The van der Waals surface area contributed by atoms with Crippen LogP contribution in [0.2, 0.25) is 0 Å². The van der Waals surface area contributed by atoms with E-state index in [4.69, 9.17) is 4.74 Å². The number of fused-ring (bicyclic) bond motifs is 1. The van der Waals surface area contributed by atoms with E-state index in [-0.39, 0.29) is 9.79 Å². The van der Waals surface area contributed by atoms with E-state index in [2.05, 4.69) is 0 Å². The molecule has 0 saturated carbocycles. The lowest BCUT2D eigenvalue weighted by Gasteiger charge is -2.13. The minimum atomic E-state index is -3.92. The van der Waals surface area contributed by atoms with E-state index in [1.807, 2.05) is 23.6 Å². The van der Waals surface area contributed by atoms with Crippen LogP contribution in [0.15, 0.2) is 69.3 Å². The quantitative estimate of drug-likeness (QED) is 0.703. The van der Waals surface area contributed by atoms with Crippen molar-refractivity contribution in [2.24, 2.45) is 0 Å². The maximum atomic E-state index is 13.0. The van der Waals surface area contributed by atoms with Gasteiger partial charge < -0.3 is 9.30 Å². The van der Waals surface area contributed by atoms with E-state index in [1.165, 1.54) is 25.4 Å². The fourth-order valence-electron chi connectivity index (χ4n) is 2.82. The van der Waals surface area contributed by atoms with Crippen molar-refractivity contribution in [3.8, 4) is 5.75 Å². The monoisotopic (exact) mass is 357 g/mol. The summed E-state index contributed by atoms with van der Waals surface area (Å²) in [5, 5.41) is 0.408. The van der Waals surface area contributed by atoms with Crippen molar-refractivity contribution in [1.29, 1.82) is 0 Å². The van der Waals surface area contributed by atoms with Crippen LogP contribution in [0, 0.1) is 0 Å². The Morgan fingerprint density at radius 1 is 1.04 bits per heavy atom. The first-order valence-corrected chi connectivity index (χ1v) is 9.48. The van der Waals surface area contributed by atoms with Crippen LogP contribution in [0.3, 0.4) is 0 Å². The number of rotatable bonds is 5. The summed E-state index contributed by atoms with van der Waals surface area (Å²) in [6.07, 6.45) is 2.28. The van der Waals surface area contributed by atoms with Crippen LogP contribution in [-0.2, 0) is 16.4 Å². The molecule has 0 bridgehead atoms. The SMILES string of the molecule is CCCn1cc(S(=O)(=O)c2ccc(OC)cc2)c(=O)c2ccccc21. The molecule has 6 heteroatoms. The van der Waals surface area contributed by atoms with E-state index in [0.717, 1.165) is 11.9 Å². The number of aryl methyl sites for hydroxylation is 1. The summed E-state index contributed by atoms with van der Waals surface area (Å²) in [4.78, 5) is 12.7. The van der Waals surface area contributed by atoms with Gasteiger partial charge in [-0.1, -0.05) is 19.1 Å². The summed E-state index contributed by atoms with van der Waals surface area (Å²) in [7, 11) is -2.41. The van der Waals surface area contributed by atoms with Crippen molar-refractivity contribution in [1.82, 2.24) is 4.57 Å². The second kappa shape index (κ2) is 6.72. The molecule has 2 aromatic carbocycles. The molecule has 0 spiro atoms. The maximum absolute atomic E-state index is 13.0. The van der Waals surface area contributed by atoms with Crippen LogP contribution in [-0.4, -0.2) is 20.1 Å². The molecule has 0 amide bonds. The molecule has 0 aliphatic heterocycles. The highest BCUT2D eigenvalue weighted by molar-refractivity contribution is 7.91. The van der Waals surface area contributed by atoms with Crippen molar-refractivity contribution in [2.45, 2.75) is 29.7 Å². The Bertz CT molecular complexity index is 1070. The summed E-state index contributed by atoms with van der Waals surface area (Å²) in [6.45, 7) is 2.64. The number of methoxy groups -OCH3 is 1. The molecular weight excluding hydrogens is 338 g/mol. The Hall–Kier alpha value is -2.60. The highest BCUT2D eigenvalue weighted by Crippen LogP contribution is 2.23. The maximum Gasteiger partial charge on any atom is 0.211 e. The van der Waals surface area contributed by atoms with E-state index in [1.54, 1.807) is 24.3 Å². The van der Waals surface area contributed by atoms with Gasteiger partial charge >= 0.3 is 0 Å². The van der Waals surface area contributed by atoms with Gasteiger partial charge in [0.15, 0.2) is 0 Å². The molecule has 0 radical (unpaired) electrons. The van der Waals surface area contributed by atoms with E-state index in [0.29, 0.717) is 17.7 Å². The Labute approximate surface area is 146 Å². The molecule has 0 saturated heterocycles. The smallest absolute Gasteiger partial charge is 0.211 e. The van der Waals surface area contributed by atoms with Crippen LogP contribution in [0.1, 0.15) is 13.3 Å². The van der Waals surface area contributed by atoms with Gasteiger partial charge in [-0.05, 0) is 42.8 Å². The third kappa shape index (κ3) is 3.05. The van der Waals surface area contributed by atoms with E-state index >= 15 is 0 Å². The zero-order chi connectivity index (χ0) is 18.0. The number of para-hydroxylation sites is 1. The summed E-state index contributed by atoms with van der Waals surface area (Å²) in [6, 6.07) is 13.1. The van der Waals surface area contributed by atoms with Gasteiger partial charge in [-0.2, -0.15) is 0 Å². The summed E-state index contributed by atoms with van der Waals surface area (Å²) in [5.74, 6) is 0.556. The number of ether oxygens (including phenoxy) is 1. The number of pyridine rings is 1. The second-order valence-corrected chi connectivity index (χ2v) is 7.63. The number of hydrogen-bond acceptors (Lipinski definition) is 4. The Morgan fingerprint density at radius 2 is 1.72 bits per heavy atom. The number of sulfone groups is 1. The average Bonchev–Trinajstić information content (AvgIpc) is 2.64. The largest absolute Gasteiger partial charge is 0.497 e. The standard InChI is InChI=1S/C19H19NO4S/c1-3-12-20-13-18(19(21)16-6-4-5-7-17(16)20)25(22,23)15-10-8-14(24-2)9-11-15/h4-11,13H,3,12H2,1-2H3. The fourth-order valence-corrected chi connectivity index (χ4v) is 4.19. The molecule has 0 aliphatic rings. The lowest BCUT2D eigenvalue weighted by Crippen LogP contribution is -2.19. The van der Waals surface area contributed by atoms with Gasteiger partial charge in [0.05, 0.1) is 17.5 Å². The predicted octanol–water partition coefficient (Wildman–Crippen LogP) is 3.25. The van der Waals surface area contributed by atoms with Crippen LogP contribution >= 0.6 is 0 Å². The first-order chi connectivity index (χ1) is 12.0. The van der Waals surface area contributed by atoms with Gasteiger partial charge in [-0.15, -0.1) is 0 Å². The molecular formula is C19H19NO4S. The van der Waals surface area contributed by atoms with Crippen molar-refractivity contribution in [2.75, 3.05) is 7.11 Å². The fraction of sp³-hybridized carbons (Fsp3) is 0.211. The highest BCUT2D eigenvalue weighted by atomic mass is 32.2. The molecule has 1 aromatic heterocycles. The van der Waals surface area contributed by atoms with Gasteiger partial charge in [-0.3, -0.25) is 4.79 Å². The molecule has 0 fully saturated rings. The predicted molar refractivity (Wildman–Crippen MR) is 96.9 cm³/mol. The van der Waals surface area contributed by atoms with E-state index in [9.17, 15) is 13.2 Å². The summed E-state index contributed by atoms with van der Waals surface area (Å²) in [5.41, 5.74) is 0.266. The van der Waals surface area contributed by atoms with Crippen LogP contribution < -0.4 is 10.2 Å². The normalized spacial score (nSPS) is 11.6. The summed E-state index contributed by atoms with van der Waals surface area (Å²) < 4.78 is 32.9. The molecule has 5 nitrogen and oxygen atoms in total. The molecule has 0 atom stereocenters. The third-order valence-electron chi connectivity index (χ3n) is 4.08. The van der Waals surface area contributed by atoms with Crippen LogP contribution in [0.4, 0.5) is 0 Å². The lowest BCUT2D eigenvalue weighted by molar-refractivity contribution is 0.414. The average molecular weight is 357 g/mol. The molecule has 1 heterocycles. The third-order valence-corrected chi connectivity index (χ3v) is 5.84. The molecule has 3 rings (SSSR count).